The molecule has 5 rings (SSSR count). The molecule has 1 aromatic heterocycles. The molecule has 2 aromatic rings. The van der Waals surface area contributed by atoms with Crippen molar-refractivity contribution in [2.75, 3.05) is 18.5 Å². The molecule has 0 spiro atoms. The summed E-state index contributed by atoms with van der Waals surface area (Å²) in [5.41, 5.74) is 1.88. The van der Waals surface area contributed by atoms with Crippen LogP contribution in [0.15, 0.2) is 42.6 Å². The summed E-state index contributed by atoms with van der Waals surface area (Å²) in [7, 11) is 0. The largest absolute Gasteiger partial charge is 0.441 e. The molecule has 0 radical (unpaired) electrons. The molecule has 2 N–H and O–H groups in total. The van der Waals surface area contributed by atoms with Crippen molar-refractivity contribution in [2.45, 2.75) is 62.5 Å². The van der Waals surface area contributed by atoms with Crippen LogP contribution in [-0.2, 0) is 14.2 Å². The third kappa shape index (κ3) is 4.65. The van der Waals surface area contributed by atoms with Gasteiger partial charge in [-0.2, -0.15) is 0 Å². The van der Waals surface area contributed by atoms with Crippen LogP contribution in [0.1, 0.15) is 32.1 Å². The van der Waals surface area contributed by atoms with Crippen LogP contribution in [0, 0.1) is 0 Å². The van der Waals surface area contributed by atoms with Crippen molar-refractivity contribution in [3.05, 3.63) is 42.6 Å². The summed E-state index contributed by atoms with van der Waals surface area (Å²) in [5, 5.41) is 6.32. The third-order valence-electron chi connectivity index (χ3n) is 6.23. The van der Waals surface area contributed by atoms with Crippen molar-refractivity contribution in [1.29, 1.82) is 0 Å². The highest BCUT2D eigenvalue weighted by atomic mass is 16.6. The third-order valence-corrected chi connectivity index (χ3v) is 6.23. The summed E-state index contributed by atoms with van der Waals surface area (Å²) in [6.45, 7) is 0.773. The molecular formula is C23H28N4O4. The number of ether oxygens (including phenoxy) is 3. The minimum atomic E-state index is -0.406. The number of alkyl carbamates (subject to hydrolysis) is 1. The maximum absolute atomic E-state index is 12.3. The van der Waals surface area contributed by atoms with E-state index < -0.39 is 6.10 Å². The molecule has 164 valence electrons. The second-order valence-electron chi connectivity index (χ2n) is 8.40. The van der Waals surface area contributed by atoms with Crippen LogP contribution in [0.3, 0.4) is 0 Å². The number of nitrogens with zero attached hydrogens (tertiary/aromatic N) is 2. The van der Waals surface area contributed by atoms with Crippen LogP contribution in [0.5, 0.6) is 0 Å². The average molecular weight is 425 g/mol. The summed E-state index contributed by atoms with van der Waals surface area (Å²) >= 11 is 0. The van der Waals surface area contributed by atoms with Gasteiger partial charge < -0.3 is 24.8 Å². The van der Waals surface area contributed by atoms with Gasteiger partial charge in [0.25, 0.3) is 0 Å². The monoisotopic (exact) mass is 424 g/mol. The normalized spacial score (nSPS) is 28.1. The SMILES string of the molecule is O=C(NC1CCCCC1)O[C@@H]1CO[C@H]2[C@H]1OC[C@H]2Nc1nccc(-c2ccccc2)n1. The van der Waals surface area contributed by atoms with Gasteiger partial charge >= 0.3 is 6.09 Å². The van der Waals surface area contributed by atoms with E-state index in [0.717, 1.165) is 36.9 Å². The van der Waals surface area contributed by atoms with Crippen molar-refractivity contribution in [1.82, 2.24) is 15.3 Å². The topological polar surface area (TPSA) is 94.6 Å². The first-order valence-electron chi connectivity index (χ1n) is 11.1. The van der Waals surface area contributed by atoms with E-state index in [1.54, 1.807) is 6.20 Å². The van der Waals surface area contributed by atoms with Gasteiger partial charge in [-0.05, 0) is 18.9 Å². The number of carbonyl (C=O) groups excluding carboxylic acids is 1. The fraction of sp³-hybridized carbons (Fsp3) is 0.522. The highest BCUT2D eigenvalue weighted by molar-refractivity contribution is 5.68. The number of hydrogen-bond acceptors (Lipinski definition) is 7. The maximum Gasteiger partial charge on any atom is 0.407 e. The van der Waals surface area contributed by atoms with E-state index in [9.17, 15) is 4.79 Å². The molecule has 3 aliphatic rings. The summed E-state index contributed by atoms with van der Waals surface area (Å²) in [6, 6.07) is 12.0. The molecule has 2 saturated heterocycles. The van der Waals surface area contributed by atoms with E-state index in [-0.39, 0.29) is 30.4 Å². The zero-order valence-electron chi connectivity index (χ0n) is 17.4. The number of fused-ring (bicyclic) bond motifs is 1. The standard InChI is InChI=1S/C23H28N4O4/c28-23(25-16-9-5-2-6-10-16)31-19-14-30-20-18(13-29-21(19)20)27-22-24-12-11-17(26-22)15-7-3-1-4-8-15/h1,3-4,7-8,11-12,16,18-21H,2,5-6,9-10,13-14H2,(H,25,28)(H,24,26,27)/t18-,19-,20-,21+/m1/s1. The average Bonchev–Trinajstić information content (AvgIpc) is 3.39. The molecular weight excluding hydrogens is 396 g/mol. The summed E-state index contributed by atoms with van der Waals surface area (Å²) < 4.78 is 17.5. The zero-order chi connectivity index (χ0) is 21.0. The van der Waals surface area contributed by atoms with Crippen LogP contribution >= 0.6 is 0 Å². The minimum absolute atomic E-state index is 0.106. The van der Waals surface area contributed by atoms with Gasteiger partial charge in [0.2, 0.25) is 5.95 Å². The second-order valence-corrected chi connectivity index (χ2v) is 8.40. The molecule has 31 heavy (non-hydrogen) atoms. The first-order valence-corrected chi connectivity index (χ1v) is 11.1. The lowest BCUT2D eigenvalue weighted by atomic mass is 9.96. The number of aromatic nitrogens is 2. The maximum atomic E-state index is 12.3. The lowest BCUT2D eigenvalue weighted by Crippen LogP contribution is -2.42. The first-order chi connectivity index (χ1) is 15.3. The quantitative estimate of drug-likeness (QED) is 0.761. The number of carbonyl (C=O) groups is 1. The van der Waals surface area contributed by atoms with Gasteiger partial charge in [-0.3, -0.25) is 0 Å². The Hall–Kier alpha value is -2.71. The Morgan fingerprint density at radius 3 is 2.65 bits per heavy atom. The Morgan fingerprint density at radius 2 is 1.81 bits per heavy atom. The van der Waals surface area contributed by atoms with Crippen LogP contribution in [0.25, 0.3) is 11.3 Å². The van der Waals surface area contributed by atoms with Crippen molar-refractivity contribution in [3.63, 3.8) is 0 Å². The van der Waals surface area contributed by atoms with Crippen molar-refractivity contribution >= 4 is 12.0 Å². The van der Waals surface area contributed by atoms with Crippen molar-refractivity contribution in [3.8, 4) is 11.3 Å². The van der Waals surface area contributed by atoms with Crippen LogP contribution < -0.4 is 10.6 Å². The van der Waals surface area contributed by atoms with Crippen molar-refractivity contribution in [2.24, 2.45) is 0 Å². The van der Waals surface area contributed by atoms with Crippen LogP contribution in [0.2, 0.25) is 0 Å². The molecule has 0 unspecified atom stereocenters. The van der Waals surface area contributed by atoms with E-state index in [0.29, 0.717) is 19.2 Å². The molecule has 1 amide bonds. The molecule has 3 heterocycles. The minimum Gasteiger partial charge on any atom is -0.441 e. The summed E-state index contributed by atoms with van der Waals surface area (Å²) in [6.07, 6.45) is 6.06. The summed E-state index contributed by atoms with van der Waals surface area (Å²) in [5.74, 6) is 0.526. The highest BCUT2D eigenvalue weighted by Crippen LogP contribution is 2.30. The number of anilines is 1. The van der Waals surface area contributed by atoms with Crippen molar-refractivity contribution < 1.29 is 19.0 Å². The van der Waals surface area contributed by atoms with Gasteiger partial charge in [0.1, 0.15) is 12.2 Å². The molecule has 8 heteroatoms. The van der Waals surface area contributed by atoms with E-state index >= 15 is 0 Å². The second kappa shape index (κ2) is 9.20. The number of nitrogens with one attached hydrogen (secondary N) is 2. The molecule has 0 bridgehead atoms. The van der Waals surface area contributed by atoms with E-state index in [1.807, 2.05) is 36.4 Å². The van der Waals surface area contributed by atoms with E-state index in [2.05, 4.69) is 20.6 Å². The Morgan fingerprint density at radius 1 is 1.00 bits per heavy atom. The molecule has 4 atom stereocenters. The fourth-order valence-corrected chi connectivity index (χ4v) is 4.64. The predicted molar refractivity (Wildman–Crippen MR) is 115 cm³/mol. The molecule has 3 fully saturated rings. The molecule has 8 nitrogen and oxygen atoms in total. The molecule has 1 aliphatic carbocycles. The van der Waals surface area contributed by atoms with Gasteiger partial charge in [0.15, 0.2) is 6.10 Å². The first kappa shape index (κ1) is 20.2. The lowest BCUT2D eigenvalue weighted by Gasteiger charge is -2.24. The molecule has 1 aromatic carbocycles. The number of benzene rings is 1. The van der Waals surface area contributed by atoms with Crippen LogP contribution in [0.4, 0.5) is 10.7 Å². The highest BCUT2D eigenvalue weighted by Gasteiger charge is 2.49. The van der Waals surface area contributed by atoms with Gasteiger partial charge in [-0.25, -0.2) is 14.8 Å². The predicted octanol–water partition coefficient (Wildman–Crippen LogP) is 3.15. The van der Waals surface area contributed by atoms with Gasteiger partial charge in [-0.1, -0.05) is 49.6 Å². The van der Waals surface area contributed by atoms with Gasteiger partial charge in [-0.15, -0.1) is 0 Å². The van der Waals surface area contributed by atoms with E-state index in [4.69, 9.17) is 14.2 Å². The summed E-state index contributed by atoms with van der Waals surface area (Å²) in [4.78, 5) is 21.3. The molecule has 2 aliphatic heterocycles. The number of rotatable bonds is 5. The Labute approximate surface area is 181 Å². The van der Waals surface area contributed by atoms with Gasteiger partial charge in [0.05, 0.1) is 24.9 Å². The fourth-order valence-electron chi connectivity index (χ4n) is 4.64. The number of hydrogen-bond donors (Lipinski definition) is 2. The molecule has 1 saturated carbocycles. The van der Waals surface area contributed by atoms with E-state index in [1.165, 1.54) is 6.42 Å². The Kier molecular flexibility index (Phi) is 5.99. The smallest absolute Gasteiger partial charge is 0.407 e. The Balaban J connectivity index is 1.17. The zero-order valence-corrected chi connectivity index (χ0v) is 17.4. The van der Waals surface area contributed by atoms with Crippen LogP contribution in [-0.4, -0.2) is 59.7 Å². The van der Waals surface area contributed by atoms with Gasteiger partial charge in [0, 0.05) is 17.8 Å². The lowest BCUT2D eigenvalue weighted by molar-refractivity contribution is 0.00314. The number of amides is 1. The Bertz CT molecular complexity index is 890.